The molecule has 1 aliphatic carbocycles. The highest BCUT2D eigenvalue weighted by Crippen LogP contribution is 2.36. The number of aryl methyl sites for hydroxylation is 1. The van der Waals surface area contributed by atoms with Gasteiger partial charge in [-0.3, -0.25) is 0 Å². The SMILES string of the molecule is Cc1cc(C2CCCC2)c(C#N)cc1N. The van der Waals surface area contributed by atoms with Gasteiger partial charge in [0.25, 0.3) is 0 Å². The molecule has 0 amide bonds. The van der Waals surface area contributed by atoms with E-state index in [0.29, 0.717) is 5.92 Å². The third-order valence-corrected chi connectivity index (χ3v) is 3.35. The van der Waals surface area contributed by atoms with Crippen LogP contribution in [0, 0.1) is 18.3 Å². The predicted octanol–water partition coefficient (Wildman–Crippen LogP) is 3.11. The fourth-order valence-electron chi connectivity index (χ4n) is 2.42. The van der Waals surface area contributed by atoms with E-state index in [2.05, 4.69) is 12.1 Å². The van der Waals surface area contributed by atoms with Crippen molar-refractivity contribution in [3.63, 3.8) is 0 Å². The highest BCUT2D eigenvalue weighted by molar-refractivity contribution is 5.56. The summed E-state index contributed by atoms with van der Waals surface area (Å²) >= 11 is 0. The smallest absolute Gasteiger partial charge is 0.0995 e. The number of hydrogen-bond acceptors (Lipinski definition) is 2. The van der Waals surface area contributed by atoms with Crippen molar-refractivity contribution in [3.8, 4) is 6.07 Å². The van der Waals surface area contributed by atoms with Crippen molar-refractivity contribution in [1.82, 2.24) is 0 Å². The first-order valence-electron chi connectivity index (χ1n) is 5.52. The van der Waals surface area contributed by atoms with Crippen LogP contribution in [0.3, 0.4) is 0 Å². The fourth-order valence-corrected chi connectivity index (χ4v) is 2.42. The van der Waals surface area contributed by atoms with Gasteiger partial charge in [0.15, 0.2) is 0 Å². The third kappa shape index (κ3) is 1.83. The van der Waals surface area contributed by atoms with Crippen molar-refractivity contribution in [2.24, 2.45) is 0 Å². The second kappa shape index (κ2) is 3.94. The molecule has 2 rings (SSSR count). The van der Waals surface area contributed by atoms with Crippen LogP contribution in [-0.4, -0.2) is 0 Å². The highest BCUT2D eigenvalue weighted by atomic mass is 14.6. The maximum atomic E-state index is 9.09. The number of rotatable bonds is 1. The molecule has 2 nitrogen and oxygen atoms in total. The Morgan fingerprint density at radius 1 is 1.33 bits per heavy atom. The Bertz CT molecular complexity index is 409. The summed E-state index contributed by atoms with van der Waals surface area (Å²) in [6, 6.07) is 6.18. The van der Waals surface area contributed by atoms with Gasteiger partial charge in [0.2, 0.25) is 0 Å². The normalized spacial score (nSPS) is 16.5. The largest absolute Gasteiger partial charge is 0.398 e. The van der Waals surface area contributed by atoms with E-state index in [1.165, 1.54) is 31.2 Å². The van der Waals surface area contributed by atoms with Crippen LogP contribution >= 0.6 is 0 Å². The average Bonchev–Trinajstić information content (AvgIpc) is 2.74. The molecule has 15 heavy (non-hydrogen) atoms. The summed E-state index contributed by atoms with van der Waals surface area (Å²) in [7, 11) is 0. The van der Waals surface area contributed by atoms with Crippen molar-refractivity contribution >= 4 is 5.69 Å². The lowest BCUT2D eigenvalue weighted by Gasteiger charge is -2.13. The van der Waals surface area contributed by atoms with E-state index >= 15 is 0 Å². The van der Waals surface area contributed by atoms with Crippen LogP contribution in [0.5, 0.6) is 0 Å². The molecule has 1 saturated carbocycles. The van der Waals surface area contributed by atoms with Crippen molar-refractivity contribution < 1.29 is 0 Å². The number of nitrogens with two attached hydrogens (primary N) is 1. The van der Waals surface area contributed by atoms with Gasteiger partial charge < -0.3 is 5.73 Å². The van der Waals surface area contributed by atoms with Crippen LogP contribution in [0.1, 0.15) is 48.3 Å². The maximum Gasteiger partial charge on any atom is 0.0995 e. The first-order valence-corrected chi connectivity index (χ1v) is 5.52. The zero-order valence-electron chi connectivity index (χ0n) is 9.09. The molecule has 1 aromatic rings. The lowest BCUT2D eigenvalue weighted by molar-refractivity contribution is 0.720. The molecule has 0 atom stereocenters. The van der Waals surface area contributed by atoms with E-state index in [-0.39, 0.29) is 0 Å². The molecule has 0 aliphatic heterocycles. The summed E-state index contributed by atoms with van der Waals surface area (Å²) in [6.07, 6.45) is 5.02. The molecule has 78 valence electrons. The van der Waals surface area contributed by atoms with Crippen molar-refractivity contribution in [1.29, 1.82) is 5.26 Å². The van der Waals surface area contributed by atoms with Crippen LogP contribution in [0.2, 0.25) is 0 Å². The number of nitrogen functional groups attached to an aromatic ring is 1. The number of nitriles is 1. The van der Waals surface area contributed by atoms with E-state index in [0.717, 1.165) is 16.8 Å². The highest BCUT2D eigenvalue weighted by Gasteiger charge is 2.20. The number of anilines is 1. The average molecular weight is 200 g/mol. The first kappa shape index (κ1) is 10.0. The molecule has 1 fully saturated rings. The van der Waals surface area contributed by atoms with E-state index in [1.54, 1.807) is 0 Å². The molecular formula is C13H16N2. The topological polar surface area (TPSA) is 49.8 Å². The summed E-state index contributed by atoms with van der Waals surface area (Å²) < 4.78 is 0. The third-order valence-electron chi connectivity index (χ3n) is 3.35. The van der Waals surface area contributed by atoms with Crippen molar-refractivity contribution in [3.05, 3.63) is 28.8 Å². The van der Waals surface area contributed by atoms with E-state index in [9.17, 15) is 0 Å². The summed E-state index contributed by atoms with van der Waals surface area (Å²) in [5, 5.41) is 9.09. The zero-order chi connectivity index (χ0) is 10.8. The van der Waals surface area contributed by atoms with E-state index in [4.69, 9.17) is 11.0 Å². The number of hydrogen-bond donors (Lipinski definition) is 1. The van der Waals surface area contributed by atoms with Crippen LogP contribution in [0.25, 0.3) is 0 Å². The molecule has 0 radical (unpaired) electrons. The Morgan fingerprint density at radius 2 is 2.00 bits per heavy atom. The van der Waals surface area contributed by atoms with Gasteiger partial charge in [-0.2, -0.15) is 5.26 Å². The fraction of sp³-hybridized carbons (Fsp3) is 0.462. The minimum Gasteiger partial charge on any atom is -0.398 e. The summed E-state index contributed by atoms with van der Waals surface area (Å²) in [5.41, 5.74) is 9.61. The van der Waals surface area contributed by atoms with E-state index < -0.39 is 0 Å². The minimum absolute atomic E-state index is 0.582. The predicted molar refractivity (Wildman–Crippen MR) is 61.5 cm³/mol. The molecule has 1 aromatic carbocycles. The zero-order valence-corrected chi connectivity index (χ0v) is 9.09. The lowest BCUT2D eigenvalue weighted by Crippen LogP contribution is -2.00. The Labute approximate surface area is 90.7 Å². The Hall–Kier alpha value is -1.49. The lowest BCUT2D eigenvalue weighted by atomic mass is 9.91. The second-order valence-electron chi connectivity index (χ2n) is 4.39. The van der Waals surface area contributed by atoms with Gasteiger partial charge in [-0.25, -0.2) is 0 Å². The van der Waals surface area contributed by atoms with Gasteiger partial charge in [-0.1, -0.05) is 18.9 Å². The monoisotopic (exact) mass is 200 g/mol. The molecular weight excluding hydrogens is 184 g/mol. The minimum atomic E-state index is 0.582. The standard InChI is InChI=1S/C13H16N2/c1-9-6-12(10-4-2-3-5-10)11(8-14)7-13(9)15/h6-7,10H,2-5,15H2,1H3. The molecule has 0 unspecified atom stereocenters. The van der Waals surface area contributed by atoms with Crippen LogP contribution < -0.4 is 5.73 Å². The summed E-state index contributed by atoms with van der Waals surface area (Å²) in [4.78, 5) is 0. The van der Waals surface area contributed by atoms with Gasteiger partial charge in [0, 0.05) is 5.69 Å². The molecule has 0 aromatic heterocycles. The van der Waals surface area contributed by atoms with Crippen LogP contribution in [0.4, 0.5) is 5.69 Å². The second-order valence-corrected chi connectivity index (χ2v) is 4.39. The number of nitrogens with zero attached hydrogens (tertiary/aromatic N) is 1. The molecule has 2 N–H and O–H groups in total. The Kier molecular flexibility index (Phi) is 2.64. The van der Waals surface area contributed by atoms with Gasteiger partial charge in [0.1, 0.15) is 0 Å². The maximum absolute atomic E-state index is 9.09. The van der Waals surface area contributed by atoms with E-state index in [1.807, 2.05) is 13.0 Å². The van der Waals surface area contributed by atoms with Crippen molar-refractivity contribution in [2.75, 3.05) is 5.73 Å². The molecule has 0 spiro atoms. The molecule has 2 heteroatoms. The van der Waals surface area contributed by atoms with Gasteiger partial charge in [0.05, 0.1) is 11.6 Å². The molecule has 0 bridgehead atoms. The Morgan fingerprint density at radius 3 is 2.60 bits per heavy atom. The summed E-state index contributed by atoms with van der Waals surface area (Å²) in [5.74, 6) is 0.582. The van der Waals surface area contributed by atoms with Gasteiger partial charge in [-0.05, 0) is 42.9 Å². The number of benzene rings is 1. The molecule has 0 heterocycles. The van der Waals surface area contributed by atoms with Crippen molar-refractivity contribution in [2.45, 2.75) is 38.5 Å². The first-order chi connectivity index (χ1) is 7.22. The van der Waals surface area contributed by atoms with Gasteiger partial charge >= 0.3 is 0 Å². The van der Waals surface area contributed by atoms with Crippen LogP contribution in [-0.2, 0) is 0 Å². The molecule has 0 saturated heterocycles. The quantitative estimate of drug-likeness (QED) is 0.708. The van der Waals surface area contributed by atoms with Crippen LogP contribution in [0.15, 0.2) is 12.1 Å². The molecule has 1 aliphatic rings. The summed E-state index contributed by atoms with van der Waals surface area (Å²) in [6.45, 7) is 2.01. The van der Waals surface area contributed by atoms with Gasteiger partial charge in [-0.15, -0.1) is 0 Å². The Balaban J connectivity index is 2.45.